The molecule has 1 aliphatic rings. The Morgan fingerprint density at radius 3 is 2.29 bits per heavy atom. The minimum absolute atomic E-state index is 0.0125. The number of rotatable bonds is 7. The van der Waals surface area contributed by atoms with Gasteiger partial charge in [0, 0.05) is 11.1 Å². The van der Waals surface area contributed by atoms with Crippen LogP contribution in [0.3, 0.4) is 0 Å². The van der Waals surface area contributed by atoms with Crippen molar-refractivity contribution >= 4 is 32.1 Å². The van der Waals surface area contributed by atoms with Crippen molar-refractivity contribution in [3.8, 4) is 6.07 Å². The fraction of sp³-hybridized carbons (Fsp3) is 0.286. The molecule has 0 saturated carbocycles. The van der Waals surface area contributed by atoms with E-state index in [4.69, 9.17) is 15.0 Å². The fourth-order valence-corrected chi connectivity index (χ4v) is 3.73. The summed E-state index contributed by atoms with van der Waals surface area (Å²) >= 11 is 0. The highest BCUT2D eigenvalue weighted by atomic mass is 32.2. The minimum atomic E-state index is -4.60. The molecule has 1 aromatic carbocycles. The van der Waals surface area contributed by atoms with E-state index in [-0.39, 0.29) is 22.3 Å². The topological polar surface area (TPSA) is 168 Å². The predicted molar refractivity (Wildman–Crippen MR) is 122 cm³/mol. The number of halogens is 2. The number of hydrogen-bond donors (Lipinski definition) is 3. The lowest BCUT2D eigenvalue weighted by Crippen LogP contribution is -2.33. The maximum Gasteiger partial charge on any atom is 0.294 e. The van der Waals surface area contributed by atoms with Gasteiger partial charge < -0.3 is 10.5 Å². The molecule has 0 bridgehead atoms. The van der Waals surface area contributed by atoms with E-state index >= 15 is 0 Å². The molecule has 2 rings (SSSR count). The van der Waals surface area contributed by atoms with Gasteiger partial charge in [-0.15, -0.1) is 0 Å². The molecule has 0 radical (unpaired) electrons. The summed E-state index contributed by atoms with van der Waals surface area (Å²) in [6.07, 6.45) is -2.88. The molecule has 1 aliphatic carbocycles. The van der Waals surface area contributed by atoms with E-state index in [1.807, 2.05) is 13.8 Å². The van der Waals surface area contributed by atoms with Crippen molar-refractivity contribution in [1.82, 2.24) is 0 Å². The number of benzene rings is 1. The summed E-state index contributed by atoms with van der Waals surface area (Å²) in [6.45, 7) is 8.74. The van der Waals surface area contributed by atoms with Gasteiger partial charge >= 0.3 is 0 Å². The Hall–Kier alpha value is -3.05. The third-order valence-corrected chi connectivity index (χ3v) is 5.89. The average Bonchev–Trinajstić information content (AvgIpc) is 2.77. The minimum Gasteiger partial charge on any atom is -0.458 e. The van der Waals surface area contributed by atoms with Gasteiger partial charge in [-0.3, -0.25) is 9.11 Å². The second-order valence-corrected chi connectivity index (χ2v) is 9.50. The Morgan fingerprint density at radius 2 is 1.82 bits per heavy atom. The van der Waals surface area contributed by atoms with Crippen LogP contribution in [0.1, 0.15) is 31.9 Å². The predicted octanol–water partition coefficient (Wildman–Crippen LogP) is 3.55. The molecule has 2 unspecified atom stereocenters. The van der Waals surface area contributed by atoms with Gasteiger partial charge in [0.25, 0.3) is 20.2 Å². The molecule has 0 saturated heterocycles. The highest BCUT2D eigenvalue weighted by Crippen LogP contribution is 2.36. The van der Waals surface area contributed by atoms with Crippen molar-refractivity contribution in [1.29, 1.82) is 5.26 Å². The molecule has 0 aliphatic heterocycles. The zero-order chi connectivity index (χ0) is 26.4. The number of nitriles is 1. The summed E-state index contributed by atoms with van der Waals surface area (Å²) in [4.78, 5) is -0.520. The van der Waals surface area contributed by atoms with Crippen LogP contribution in [0.15, 0.2) is 58.4 Å². The second-order valence-electron chi connectivity index (χ2n) is 6.58. The molecule has 13 heteroatoms. The first-order valence-corrected chi connectivity index (χ1v) is 12.7. The summed E-state index contributed by atoms with van der Waals surface area (Å²) < 4.78 is 98.0. The van der Waals surface area contributed by atoms with Crippen molar-refractivity contribution in [2.24, 2.45) is 5.73 Å². The third-order valence-electron chi connectivity index (χ3n) is 4.46. The van der Waals surface area contributed by atoms with Crippen LogP contribution in [0.5, 0.6) is 0 Å². The lowest BCUT2D eigenvalue weighted by Gasteiger charge is -2.27. The third kappa shape index (κ3) is 6.73. The monoisotopic (exact) mass is 518 g/mol. The molecular weight excluding hydrogens is 494 g/mol. The van der Waals surface area contributed by atoms with Crippen LogP contribution >= 0.6 is 0 Å². The van der Waals surface area contributed by atoms with Crippen molar-refractivity contribution in [2.45, 2.75) is 38.0 Å². The van der Waals surface area contributed by atoms with Crippen molar-refractivity contribution in [3.63, 3.8) is 0 Å². The first-order valence-electron chi connectivity index (χ1n) is 9.67. The first kappa shape index (κ1) is 29.0. The van der Waals surface area contributed by atoms with E-state index in [1.54, 1.807) is 6.07 Å². The van der Waals surface area contributed by atoms with Crippen molar-refractivity contribution in [3.05, 3.63) is 64.6 Å². The number of alkyl halides is 2. The van der Waals surface area contributed by atoms with Gasteiger partial charge in [0.05, 0.1) is 21.9 Å². The number of nitrogens with two attached hydrogens (primary N) is 1. The Bertz CT molecular complexity index is 1310. The molecule has 0 amide bonds. The zero-order valence-electron chi connectivity index (χ0n) is 18.5. The highest BCUT2D eigenvalue weighted by molar-refractivity contribution is 7.86. The van der Waals surface area contributed by atoms with Gasteiger partial charge in [-0.05, 0) is 36.8 Å². The van der Waals surface area contributed by atoms with Crippen LogP contribution in [-0.4, -0.2) is 44.0 Å². The molecule has 0 spiro atoms. The van der Waals surface area contributed by atoms with Gasteiger partial charge in [0.1, 0.15) is 17.6 Å². The molecule has 2 atom stereocenters. The van der Waals surface area contributed by atoms with Crippen LogP contribution in [-0.2, 0) is 25.0 Å². The summed E-state index contributed by atoms with van der Waals surface area (Å²) in [5, 5.41) is 9.22. The Balaban J connectivity index is 0.00000281. The van der Waals surface area contributed by atoms with E-state index in [0.717, 1.165) is 30.4 Å². The van der Waals surface area contributed by atoms with E-state index in [2.05, 4.69) is 6.58 Å². The van der Waals surface area contributed by atoms with E-state index < -0.39 is 60.4 Å². The van der Waals surface area contributed by atoms with E-state index in [9.17, 15) is 35.4 Å². The van der Waals surface area contributed by atoms with E-state index in [1.165, 1.54) is 6.92 Å². The standard InChI is InChI=1S/C19H18F2N2O7S2.C2H6/c1-3-11-8-12(32(27,28)29)4-5-13(11)15(6-7-31(24,25)26)30-19-10(2)14(9-22)18(23)16(20)17(19)21;1-2/h3-6,8,16-17H,1,7,23H2,2H3,(H,24,25,26)(H,27,28,29);1-2H3/b15-6+;. The largest absolute Gasteiger partial charge is 0.458 e. The lowest BCUT2D eigenvalue weighted by atomic mass is 9.93. The molecule has 9 nitrogen and oxygen atoms in total. The van der Waals surface area contributed by atoms with Crippen LogP contribution in [0, 0.1) is 11.3 Å². The van der Waals surface area contributed by atoms with E-state index in [0.29, 0.717) is 0 Å². The Kier molecular flexibility index (Phi) is 9.71. The second kappa shape index (κ2) is 11.4. The fourth-order valence-electron chi connectivity index (χ4n) is 2.86. The van der Waals surface area contributed by atoms with Crippen molar-refractivity contribution < 1.29 is 39.5 Å². The van der Waals surface area contributed by atoms with Gasteiger partial charge in [-0.1, -0.05) is 26.5 Å². The summed E-state index contributed by atoms with van der Waals surface area (Å²) in [5.41, 5.74) is 4.33. The molecule has 34 heavy (non-hydrogen) atoms. The Labute approximate surface area is 197 Å². The molecule has 0 heterocycles. The van der Waals surface area contributed by atoms with Gasteiger partial charge in [-0.25, -0.2) is 8.78 Å². The molecule has 0 aromatic heterocycles. The quantitative estimate of drug-likeness (QED) is 0.361. The van der Waals surface area contributed by atoms with Crippen LogP contribution < -0.4 is 5.73 Å². The first-order chi connectivity index (χ1) is 15.7. The number of allylic oxidation sites excluding steroid dienone is 4. The number of hydrogen-bond acceptors (Lipinski definition) is 7. The maximum atomic E-state index is 14.7. The van der Waals surface area contributed by atoms with Crippen LogP contribution in [0.2, 0.25) is 0 Å². The number of nitrogens with zero attached hydrogens (tertiary/aromatic N) is 1. The molecule has 1 aromatic rings. The molecule has 0 fully saturated rings. The highest BCUT2D eigenvalue weighted by Gasteiger charge is 2.38. The molecule has 186 valence electrons. The summed E-state index contributed by atoms with van der Waals surface area (Å²) in [5.74, 6) is -2.08. The SMILES string of the molecule is C=Cc1cc(S(=O)(=O)O)ccc1/C(=C\CS(=O)(=O)O)OC1=C(C)C(C#N)=C(N)C(F)C1F.CC. The van der Waals surface area contributed by atoms with Crippen LogP contribution in [0.25, 0.3) is 11.8 Å². The number of ether oxygens (including phenoxy) is 1. The summed E-state index contributed by atoms with van der Waals surface area (Å²) in [6, 6.07) is 4.68. The normalized spacial score (nSPS) is 19.2. The van der Waals surface area contributed by atoms with Crippen molar-refractivity contribution in [2.75, 3.05) is 5.75 Å². The Morgan fingerprint density at radius 1 is 1.24 bits per heavy atom. The summed E-state index contributed by atoms with van der Waals surface area (Å²) in [7, 11) is -9.17. The van der Waals surface area contributed by atoms with Gasteiger partial charge in [0.15, 0.2) is 12.3 Å². The maximum absolute atomic E-state index is 14.7. The smallest absolute Gasteiger partial charge is 0.294 e. The zero-order valence-corrected chi connectivity index (χ0v) is 20.1. The van der Waals surface area contributed by atoms with Crippen LogP contribution in [0.4, 0.5) is 8.78 Å². The lowest BCUT2D eigenvalue weighted by molar-refractivity contribution is 0.161. The molecule has 4 N–H and O–H groups in total. The van der Waals surface area contributed by atoms with Gasteiger partial charge in [0.2, 0.25) is 0 Å². The van der Waals surface area contributed by atoms with Gasteiger partial charge in [-0.2, -0.15) is 22.1 Å². The molecular formula is C21H24F2N2O7S2. The average molecular weight is 519 g/mol.